The molecule has 0 spiro atoms. The van der Waals surface area contributed by atoms with Crippen LogP contribution in [0.15, 0.2) is 0 Å². The molecule has 8 nitrogen and oxygen atoms in total. The minimum atomic E-state index is -4.03. The summed E-state index contributed by atoms with van der Waals surface area (Å²) < 4.78 is 29.7. The lowest BCUT2D eigenvalue weighted by Crippen LogP contribution is -2.51. The van der Waals surface area contributed by atoms with Crippen molar-refractivity contribution in [3.63, 3.8) is 0 Å². The normalized spacial score (nSPS) is 14.6. The Morgan fingerprint density at radius 2 is 1.76 bits per heavy atom. The van der Waals surface area contributed by atoms with Crippen LogP contribution in [0.3, 0.4) is 0 Å². The van der Waals surface area contributed by atoms with Gasteiger partial charge in [-0.05, 0) is 25.7 Å². The summed E-state index contributed by atoms with van der Waals surface area (Å²) in [6, 6.07) is -1.43. The highest BCUT2D eigenvalue weighted by molar-refractivity contribution is 7.85. The Hall–Kier alpha value is -1.19. The predicted octanol–water partition coefficient (Wildman–Crippen LogP) is -0.741. The largest absolute Gasteiger partial charge is 0.354 e. The van der Waals surface area contributed by atoms with E-state index in [1.807, 2.05) is 13.8 Å². The second-order valence-electron chi connectivity index (χ2n) is 5.41. The highest BCUT2D eigenvalue weighted by Gasteiger charge is 2.22. The van der Waals surface area contributed by atoms with Crippen molar-refractivity contribution < 1.29 is 22.6 Å². The van der Waals surface area contributed by atoms with E-state index in [0.717, 1.165) is 0 Å². The molecule has 0 aromatic carbocycles. The fourth-order valence-electron chi connectivity index (χ4n) is 1.60. The maximum atomic E-state index is 12.0. The summed E-state index contributed by atoms with van der Waals surface area (Å²) in [5.41, 5.74) is 5.45. The van der Waals surface area contributed by atoms with Crippen LogP contribution >= 0.6 is 0 Å². The van der Waals surface area contributed by atoms with Crippen molar-refractivity contribution in [3.8, 4) is 0 Å². The van der Waals surface area contributed by atoms with E-state index in [9.17, 15) is 18.0 Å². The number of carbonyl (C=O) groups is 2. The third-order valence-corrected chi connectivity index (χ3v) is 3.44. The van der Waals surface area contributed by atoms with E-state index >= 15 is 0 Å². The van der Waals surface area contributed by atoms with Crippen molar-refractivity contribution in [1.29, 1.82) is 0 Å². The molecule has 0 aliphatic rings. The van der Waals surface area contributed by atoms with Crippen LogP contribution in [-0.4, -0.2) is 49.2 Å². The molecule has 0 aromatic rings. The van der Waals surface area contributed by atoms with Gasteiger partial charge in [0.25, 0.3) is 10.1 Å². The van der Waals surface area contributed by atoms with E-state index in [0.29, 0.717) is 6.42 Å². The van der Waals surface area contributed by atoms with Crippen LogP contribution < -0.4 is 16.4 Å². The number of carbonyl (C=O) groups excluding carboxylic acids is 2. The lowest BCUT2D eigenvalue weighted by atomic mass is 10.0. The molecule has 0 rings (SSSR count). The standard InChI is InChI=1S/C12H25N3O5S/c1-8(2)7-10(15-11(16)9(3)13)12(17)14-5-4-6-21(18,19)20/h8-10H,4-7,13H2,1-3H3,(H,14,17)(H,15,16)(H,18,19,20)/t9-,10-/m0/s1. The lowest BCUT2D eigenvalue weighted by molar-refractivity contribution is -0.129. The molecule has 21 heavy (non-hydrogen) atoms. The van der Waals surface area contributed by atoms with Gasteiger partial charge in [-0.25, -0.2) is 0 Å². The molecule has 0 unspecified atom stereocenters. The zero-order chi connectivity index (χ0) is 16.6. The van der Waals surface area contributed by atoms with E-state index in [4.69, 9.17) is 10.3 Å². The fraction of sp³-hybridized carbons (Fsp3) is 0.833. The van der Waals surface area contributed by atoms with Gasteiger partial charge in [0, 0.05) is 6.54 Å². The molecular formula is C12H25N3O5S. The van der Waals surface area contributed by atoms with E-state index in [2.05, 4.69) is 10.6 Å². The Morgan fingerprint density at radius 1 is 1.19 bits per heavy atom. The van der Waals surface area contributed by atoms with Crippen molar-refractivity contribution in [2.24, 2.45) is 11.7 Å². The van der Waals surface area contributed by atoms with Gasteiger partial charge in [-0.1, -0.05) is 13.8 Å². The van der Waals surface area contributed by atoms with E-state index in [1.54, 1.807) is 0 Å². The van der Waals surface area contributed by atoms with Crippen molar-refractivity contribution in [2.45, 2.75) is 45.7 Å². The first-order chi connectivity index (χ1) is 9.53. The monoisotopic (exact) mass is 323 g/mol. The topological polar surface area (TPSA) is 139 Å². The summed E-state index contributed by atoms with van der Waals surface area (Å²) in [5.74, 6) is -1.05. The molecular weight excluding hydrogens is 298 g/mol. The summed E-state index contributed by atoms with van der Waals surface area (Å²) in [7, 11) is -4.03. The number of hydrogen-bond donors (Lipinski definition) is 4. The number of rotatable bonds is 9. The summed E-state index contributed by atoms with van der Waals surface area (Å²) in [6.07, 6.45) is 0.544. The number of nitrogens with two attached hydrogens (primary N) is 1. The molecule has 0 bridgehead atoms. The second kappa shape index (κ2) is 8.96. The molecule has 0 aliphatic heterocycles. The smallest absolute Gasteiger partial charge is 0.264 e. The first-order valence-electron chi connectivity index (χ1n) is 6.81. The quantitative estimate of drug-likeness (QED) is 0.325. The Morgan fingerprint density at radius 3 is 2.19 bits per heavy atom. The third-order valence-electron chi connectivity index (χ3n) is 2.63. The van der Waals surface area contributed by atoms with Gasteiger partial charge in [0.15, 0.2) is 0 Å². The van der Waals surface area contributed by atoms with Crippen molar-refractivity contribution in [2.75, 3.05) is 12.3 Å². The second-order valence-corrected chi connectivity index (χ2v) is 6.98. The first kappa shape index (κ1) is 19.8. The Kier molecular flexibility index (Phi) is 8.45. The van der Waals surface area contributed by atoms with E-state index in [-0.39, 0.29) is 18.9 Å². The molecule has 0 radical (unpaired) electrons. The average molecular weight is 323 g/mol. The predicted molar refractivity (Wildman–Crippen MR) is 79.1 cm³/mol. The Labute approximate surface area is 125 Å². The average Bonchev–Trinajstić information content (AvgIpc) is 2.31. The fourth-order valence-corrected chi connectivity index (χ4v) is 2.10. The summed E-state index contributed by atoms with van der Waals surface area (Å²) in [5, 5.41) is 5.10. The van der Waals surface area contributed by atoms with Crippen molar-refractivity contribution in [1.82, 2.24) is 10.6 Å². The van der Waals surface area contributed by atoms with Crippen LogP contribution in [0.2, 0.25) is 0 Å². The molecule has 0 aliphatic carbocycles. The number of nitrogens with one attached hydrogen (secondary N) is 2. The summed E-state index contributed by atoms with van der Waals surface area (Å²) in [4.78, 5) is 23.6. The van der Waals surface area contributed by atoms with Gasteiger partial charge < -0.3 is 16.4 Å². The Balaban J connectivity index is 4.41. The van der Waals surface area contributed by atoms with Gasteiger partial charge in [-0.2, -0.15) is 8.42 Å². The van der Waals surface area contributed by atoms with Gasteiger partial charge in [-0.3, -0.25) is 14.1 Å². The van der Waals surface area contributed by atoms with Crippen molar-refractivity contribution >= 4 is 21.9 Å². The molecule has 2 atom stereocenters. The maximum Gasteiger partial charge on any atom is 0.264 e. The Bertz CT molecular complexity index is 448. The molecule has 0 saturated carbocycles. The highest BCUT2D eigenvalue weighted by atomic mass is 32.2. The molecule has 9 heteroatoms. The van der Waals surface area contributed by atoms with E-state index < -0.39 is 39.8 Å². The van der Waals surface area contributed by atoms with Gasteiger partial charge in [0.2, 0.25) is 11.8 Å². The van der Waals surface area contributed by atoms with Crippen LogP contribution in [0.5, 0.6) is 0 Å². The zero-order valence-corrected chi connectivity index (χ0v) is 13.4. The minimum Gasteiger partial charge on any atom is -0.354 e. The molecule has 124 valence electrons. The molecule has 0 fully saturated rings. The van der Waals surface area contributed by atoms with Crippen LogP contribution in [0.25, 0.3) is 0 Å². The van der Waals surface area contributed by atoms with E-state index in [1.165, 1.54) is 6.92 Å². The number of hydrogen-bond acceptors (Lipinski definition) is 5. The third kappa shape index (κ3) is 10.2. The number of amides is 2. The first-order valence-corrected chi connectivity index (χ1v) is 8.42. The molecule has 0 saturated heterocycles. The molecule has 2 amide bonds. The molecule has 0 aromatic heterocycles. The molecule has 5 N–H and O–H groups in total. The van der Waals surface area contributed by atoms with Gasteiger partial charge in [-0.15, -0.1) is 0 Å². The SMILES string of the molecule is CC(C)C[C@H](NC(=O)[C@H](C)N)C(=O)NCCCS(=O)(=O)O. The lowest BCUT2D eigenvalue weighted by Gasteiger charge is -2.21. The van der Waals surface area contributed by atoms with Gasteiger partial charge in [0.1, 0.15) is 6.04 Å². The summed E-state index contributed by atoms with van der Waals surface area (Å²) in [6.45, 7) is 5.44. The van der Waals surface area contributed by atoms with Crippen LogP contribution in [0.4, 0.5) is 0 Å². The zero-order valence-electron chi connectivity index (χ0n) is 12.6. The van der Waals surface area contributed by atoms with Gasteiger partial charge in [0.05, 0.1) is 11.8 Å². The maximum absolute atomic E-state index is 12.0. The van der Waals surface area contributed by atoms with Gasteiger partial charge >= 0.3 is 0 Å². The van der Waals surface area contributed by atoms with Crippen LogP contribution in [-0.2, 0) is 19.7 Å². The van der Waals surface area contributed by atoms with Crippen LogP contribution in [0.1, 0.15) is 33.6 Å². The minimum absolute atomic E-state index is 0.0974. The summed E-state index contributed by atoms with van der Waals surface area (Å²) >= 11 is 0. The molecule has 0 heterocycles. The van der Waals surface area contributed by atoms with Crippen molar-refractivity contribution in [3.05, 3.63) is 0 Å². The highest BCUT2D eigenvalue weighted by Crippen LogP contribution is 2.05. The van der Waals surface area contributed by atoms with Crippen LogP contribution in [0, 0.1) is 5.92 Å².